The Bertz CT molecular complexity index is 1480. The van der Waals surface area contributed by atoms with Crippen molar-refractivity contribution in [1.82, 2.24) is 24.4 Å². The summed E-state index contributed by atoms with van der Waals surface area (Å²) in [5, 5.41) is 0. The summed E-state index contributed by atoms with van der Waals surface area (Å²) >= 11 is 0. The molecule has 2 aliphatic rings. The quantitative estimate of drug-likeness (QED) is 0.378. The first kappa shape index (κ1) is 25.2. The number of amides is 1. The van der Waals surface area contributed by atoms with Crippen LogP contribution in [0.5, 0.6) is 0 Å². The van der Waals surface area contributed by atoms with Gasteiger partial charge in [0.15, 0.2) is 11.6 Å². The molecule has 0 unspecified atom stereocenters. The van der Waals surface area contributed by atoms with Gasteiger partial charge in [0.05, 0.1) is 29.5 Å². The van der Waals surface area contributed by atoms with Crippen LogP contribution in [0, 0.1) is 0 Å². The molecule has 204 valence electrons. The number of hydrogen-bond donors (Lipinski definition) is 0. The minimum absolute atomic E-state index is 0.130. The van der Waals surface area contributed by atoms with Crippen molar-refractivity contribution < 1.29 is 22.7 Å². The van der Waals surface area contributed by atoms with Gasteiger partial charge in [0.1, 0.15) is 11.6 Å². The lowest BCUT2D eigenvalue weighted by atomic mass is 10.1. The summed E-state index contributed by atoms with van der Waals surface area (Å²) in [6.07, 6.45) is -1.33. The summed E-state index contributed by atoms with van der Waals surface area (Å²) in [5.41, 5.74) is 0.560. The zero-order chi connectivity index (χ0) is 27.1. The van der Waals surface area contributed by atoms with Crippen LogP contribution in [0.4, 0.5) is 20.4 Å². The van der Waals surface area contributed by atoms with Gasteiger partial charge in [0.25, 0.3) is 12.3 Å². The van der Waals surface area contributed by atoms with Crippen LogP contribution >= 0.6 is 0 Å². The molecule has 0 spiro atoms. The molecule has 6 rings (SSSR count). The van der Waals surface area contributed by atoms with E-state index < -0.39 is 17.9 Å². The first-order valence-electron chi connectivity index (χ1n) is 12.9. The second-order valence-corrected chi connectivity index (χ2v) is 10.3. The molecule has 1 aromatic carbocycles. The van der Waals surface area contributed by atoms with E-state index in [2.05, 4.69) is 9.88 Å². The van der Waals surface area contributed by atoms with E-state index in [1.165, 1.54) is 10.8 Å². The van der Waals surface area contributed by atoms with Crippen molar-refractivity contribution in [3.63, 3.8) is 0 Å². The number of morpholine rings is 1. The number of furan rings is 1. The van der Waals surface area contributed by atoms with Gasteiger partial charge in [-0.3, -0.25) is 9.36 Å². The smallest absolute Gasteiger partial charge is 0.296 e. The number of halogens is 2. The lowest BCUT2D eigenvalue weighted by Crippen LogP contribution is -2.50. The standard InChI is InChI=1S/C27H29F2N7O3/c1-27(2)17-35(13-15-39-27)22-16-21(33-9-11-34(12-10-33)25(37)20-8-5-14-38-20)31-26(32-22)36-19-7-4-3-6-18(19)30-24(36)23(28)29/h3-8,14,16,23H,9-13,15,17H2,1-2H3. The number of carbonyl (C=O) groups excluding carboxylic acids is 1. The van der Waals surface area contributed by atoms with E-state index in [-0.39, 0.29) is 11.9 Å². The predicted octanol–water partition coefficient (Wildman–Crippen LogP) is 3.92. The Morgan fingerprint density at radius 2 is 1.69 bits per heavy atom. The van der Waals surface area contributed by atoms with E-state index in [9.17, 15) is 13.6 Å². The lowest BCUT2D eigenvalue weighted by Gasteiger charge is -2.39. The van der Waals surface area contributed by atoms with Crippen molar-refractivity contribution in [3.05, 3.63) is 60.3 Å². The van der Waals surface area contributed by atoms with Crippen molar-refractivity contribution >= 4 is 28.6 Å². The molecule has 3 aromatic heterocycles. The maximum Gasteiger partial charge on any atom is 0.296 e. The van der Waals surface area contributed by atoms with E-state index >= 15 is 0 Å². The van der Waals surface area contributed by atoms with Crippen LogP contribution in [0.1, 0.15) is 36.7 Å². The van der Waals surface area contributed by atoms with E-state index in [4.69, 9.17) is 19.1 Å². The summed E-state index contributed by atoms with van der Waals surface area (Å²) in [5.74, 6) is 1.09. The SMILES string of the molecule is CC1(C)CN(c2cc(N3CCN(C(=O)c4ccco4)CC3)nc(-n3c(C(F)F)nc4ccccc43)n2)CCO1. The molecule has 1 amide bonds. The van der Waals surface area contributed by atoms with E-state index in [1.54, 1.807) is 41.3 Å². The highest BCUT2D eigenvalue weighted by atomic mass is 19.3. The molecule has 0 N–H and O–H groups in total. The summed E-state index contributed by atoms with van der Waals surface area (Å²) in [6, 6.07) is 12.2. The number of carbonyl (C=O) groups is 1. The molecule has 0 bridgehead atoms. The van der Waals surface area contributed by atoms with Crippen molar-refractivity contribution in [3.8, 4) is 5.95 Å². The normalized spacial score (nSPS) is 17.8. The topological polar surface area (TPSA) is 92.8 Å². The number of fused-ring (bicyclic) bond motifs is 1. The summed E-state index contributed by atoms with van der Waals surface area (Å²) < 4.78 is 40.9. The van der Waals surface area contributed by atoms with E-state index in [0.717, 1.165) is 0 Å². The molecule has 10 nitrogen and oxygen atoms in total. The van der Waals surface area contributed by atoms with Gasteiger partial charge in [0.2, 0.25) is 5.95 Å². The number of benzene rings is 1. The van der Waals surface area contributed by atoms with Gasteiger partial charge in [-0.2, -0.15) is 9.97 Å². The Balaban J connectivity index is 1.38. The zero-order valence-corrected chi connectivity index (χ0v) is 21.8. The number of ether oxygens (including phenoxy) is 1. The second-order valence-electron chi connectivity index (χ2n) is 10.3. The van der Waals surface area contributed by atoms with Gasteiger partial charge in [0, 0.05) is 45.3 Å². The third-order valence-electron chi connectivity index (χ3n) is 7.04. The van der Waals surface area contributed by atoms with Crippen molar-refractivity contribution in [2.45, 2.75) is 25.9 Å². The van der Waals surface area contributed by atoms with Crippen molar-refractivity contribution in [1.29, 1.82) is 0 Å². The van der Waals surface area contributed by atoms with Gasteiger partial charge < -0.3 is 23.9 Å². The lowest BCUT2D eigenvalue weighted by molar-refractivity contribution is -0.0279. The van der Waals surface area contributed by atoms with Crippen LogP contribution in [0.2, 0.25) is 0 Å². The van der Waals surface area contributed by atoms with Crippen LogP contribution in [-0.4, -0.2) is 81.8 Å². The van der Waals surface area contributed by atoms with Crippen LogP contribution in [-0.2, 0) is 4.74 Å². The molecule has 5 heterocycles. The number of para-hydroxylation sites is 2. The third kappa shape index (κ3) is 4.91. The molecular weight excluding hydrogens is 508 g/mol. The fourth-order valence-corrected chi connectivity index (χ4v) is 5.14. The van der Waals surface area contributed by atoms with E-state index in [0.29, 0.717) is 74.3 Å². The zero-order valence-electron chi connectivity index (χ0n) is 21.8. The monoisotopic (exact) mass is 537 g/mol. The number of piperazine rings is 1. The second kappa shape index (κ2) is 9.92. The fraction of sp³-hybridized carbons (Fsp3) is 0.407. The number of imidazole rings is 1. The van der Waals surface area contributed by atoms with Crippen molar-refractivity contribution in [2.75, 3.05) is 55.7 Å². The first-order chi connectivity index (χ1) is 18.8. The molecule has 4 aromatic rings. The van der Waals surface area contributed by atoms with E-state index in [1.807, 2.05) is 24.8 Å². The van der Waals surface area contributed by atoms with Gasteiger partial charge in [-0.25, -0.2) is 13.8 Å². The van der Waals surface area contributed by atoms with Crippen molar-refractivity contribution in [2.24, 2.45) is 0 Å². The predicted molar refractivity (Wildman–Crippen MR) is 141 cm³/mol. The van der Waals surface area contributed by atoms with Crippen LogP contribution in [0.3, 0.4) is 0 Å². The number of anilines is 2. The van der Waals surface area contributed by atoms with Gasteiger partial charge in [-0.05, 0) is 38.1 Å². The molecule has 0 saturated carbocycles. The van der Waals surface area contributed by atoms with Gasteiger partial charge in [-0.1, -0.05) is 12.1 Å². The third-order valence-corrected chi connectivity index (χ3v) is 7.04. The highest BCUT2D eigenvalue weighted by molar-refractivity contribution is 5.91. The Morgan fingerprint density at radius 1 is 0.949 bits per heavy atom. The van der Waals surface area contributed by atoms with Crippen LogP contribution in [0.15, 0.2) is 53.1 Å². The molecule has 0 radical (unpaired) electrons. The van der Waals surface area contributed by atoms with Crippen LogP contribution < -0.4 is 9.80 Å². The molecule has 0 aliphatic carbocycles. The molecule has 12 heteroatoms. The van der Waals surface area contributed by atoms with Gasteiger partial charge in [-0.15, -0.1) is 0 Å². The van der Waals surface area contributed by atoms with Gasteiger partial charge >= 0.3 is 0 Å². The molecule has 0 atom stereocenters. The Labute approximate surface area is 223 Å². The summed E-state index contributed by atoms with van der Waals surface area (Å²) in [4.78, 5) is 32.4. The Hall–Kier alpha value is -4.06. The first-order valence-corrected chi connectivity index (χ1v) is 12.9. The molecule has 2 aliphatic heterocycles. The Kier molecular flexibility index (Phi) is 6.42. The maximum absolute atomic E-state index is 14.2. The summed E-state index contributed by atoms with van der Waals surface area (Å²) in [7, 11) is 0. The molecule has 2 fully saturated rings. The number of nitrogens with zero attached hydrogens (tertiary/aromatic N) is 7. The highest BCUT2D eigenvalue weighted by Crippen LogP contribution is 2.31. The number of rotatable bonds is 5. The molecule has 2 saturated heterocycles. The minimum Gasteiger partial charge on any atom is -0.459 e. The molecular formula is C27H29F2N7O3. The number of alkyl halides is 2. The van der Waals surface area contributed by atoms with Crippen LogP contribution in [0.25, 0.3) is 17.0 Å². The molecule has 39 heavy (non-hydrogen) atoms. The Morgan fingerprint density at radius 3 is 2.38 bits per heavy atom. The summed E-state index contributed by atoms with van der Waals surface area (Å²) in [6.45, 7) is 7.70. The maximum atomic E-state index is 14.2. The highest BCUT2D eigenvalue weighted by Gasteiger charge is 2.31. The fourth-order valence-electron chi connectivity index (χ4n) is 5.14. The number of aromatic nitrogens is 4. The minimum atomic E-state index is -2.81. The number of hydrogen-bond acceptors (Lipinski definition) is 8. The average Bonchev–Trinajstić information content (AvgIpc) is 3.61. The largest absolute Gasteiger partial charge is 0.459 e. The average molecular weight is 538 g/mol.